The Kier molecular flexibility index (Phi) is 11.7. The minimum absolute atomic E-state index is 0. The zero-order chi connectivity index (χ0) is 25.4. The van der Waals surface area contributed by atoms with Crippen LogP contribution in [0.25, 0.3) is 0 Å². The number of rotatable bonds is 9. The van der Waals surface area contributed by atoms with E-state index in [1.54, 1.807) is 12.1 Å². The van der Waals surface area contributed by atoms with E-state index >= 15 is 0 Å². The van der Waals surface area contributed by atoms with E-state index in [9.17, 15) is 19.2 Å². The van der Waals surface area contributed by atoms with E-state index in [0.717, 1.165) is 36.8 Å². The minimum atomic E-state index is -1.01. The normalized spacial score (nSPS) is 19.3. The maximum absolute atomic E-state index is 12.4. The van der Waals surface area contributed by atoms with Crippen LogP contribution in [-0.4, -0.2) is 55.5 Å². The van der Waals surface area contributed by atoms with Gasteiger partial charge in [0.05, 0.1) is 6.54 Å². The Hall–Kier alpha value is -2.61. The molecule has 1 aromatic carbocycles. The van der Waals surface area contributed by atoms with Crippen molar-refractivity contribution in [3.63, 3.8) is 0 Å². The third-order valence-electron chi connectivity index (χ3n) is 6.67. The Balaban J connectivity index is 0. The molecule has 1 aliphatic heterocycles. The summed E-state index contributed by atoms with van der Waals surface area (Å²) in [5.41, 5.74) is 2.99. The number of amides is 5. The van der Waals surface area contributed by atoms with Crippen LogP contribution in [0.1, 0.15) is 62.7 Å². The number of nitrogens with zero attached hydrogens (tertiary/aromatic N) is 1. The van der Waals surface area contributed by atoms with Gasteiger partial charge < -0.3 is 25.3 Å². The molecule has 0 unspecified atom stereocenters. The average molecular weight is 670 g/mol. The van der Waals surface area contributed by atoms with Gasteiger partial charge in [-0.25, -0.2) is 4.79 Å². The Morgan fingerprint density at radius 1 is 1.28 bits per heavy atom. The minimum Gasteiger partial charge on any atom is -0.707 e. The number of carbonyl (C=O) groups excluding carboxylic acids is 4. The number of hydrogen-bond donors (Lipinski definition) is 3. The Morgan fingerprint density at radius 2 is 2.00 bits per heavy atom. The molecule has 198 valence electrons. The van der Waals surface area contributed by atoms with Crippen LogP contribution < -0.4 is 21.3 Å². The maximum Gasteiger partial charge on any atom is 2.00 e. The van der Waals surface area contributed by atoms with Gasteiger partial charge in [0, 0.05) is 22.4 Å². The van der Waals surface area contributed by atoms with Crippen molar-refractivity contribution in [2.45, 2.75) is 65.3 Å². The summed E-state index contributed by atoms with van der Waals surface area (Å²) in [5, 5.41) is 8.37. The van der Waals surface area contributed by atoms with Crippen molar-refractivity contribution >= 4 is 37.0 Å². The molecule has 11 heteroatoms. The largest absolute Gasteiger partial charge is 2.00 e. The van der Waals surface area contributed by atoms with Crippen molar-refractivity contribution in [3.8, 4) is 0 Å². The smallest absolute Gasteiger partial charge is 0.707 e. The van der Waals surface area contributed by atoms with Crippen molar-refractivity contribution in [2.24, 2.45) is 5.92 Å². The molecule has 2 aliphatic rings. The second-order valence-corrected chi connectivity index (χ2v) is 9.29. The Morgan fingerprint density at radius 3 is 2.58 bits per heavy atom. The van der Waals surface area contributed by atoms with Gasteiger partial charge >= 0.3 is 40.2 Å². The number of nitrogens with one attached hydrogen (secondary N) is 3. The van der Waals surface area contributed by atoms with Crippen molar-refractivity contribution in [1.82, 2.24) is 20.8 Å². The van der Waals surface area contributed by atoms with E-state index in [1.165, 1.54) is 11.4 Å². The first-order valence-electron chi connectivity index (χ1n) is 12.2. The third kappa shape index (κ3) is 7.95. The summed E-state index contributed by atoms with van der Waals surface area (Å²) in [5.74, 6) is 0.448. The number of benzene rings is 1. The molecule has 0 radical (unpaired) electrons. The first-order valence-corrected chi connectivity index (χ1v) is 12.2. The van der Waals surface area contributed by atoms with Crippen LogP contribution in [0.15, 0.2) is 29.3 Å². The first-order chi connectivity index (χ1) is 16.8. The predicted octanol–water partition coefficient (Wildman–Crippen LogP) is 2.70. The number of urea groups is 2. The SMILES string of the molecule is CCC1=C(C)CN(C(=O)NCCc2c[c-]c(B(NC(=O)NC3CCC(C)CC3)O[C-]=O)cc2)C1=O.[HH].[HH].[HH].[W+2]. The summed E-state index contributed by atoms with van der Waals surface area (Å²) < 4.78 is 4.94. The average Bonchev–Trinajstić information content (AvgIpc) is 3.13. The molecule has 3 N–H and O–H groups in total. The van der Waals surface area contributed by atoms with Crippen LogP contribution in [-0.2, 0) is 41.7 Å². The van der Waals surface area contributed by atoms with Gasteiger partial charge in [-0.2, -0.15) is 29.8 Å². The second kappa shape index (κ2) is 14.2. The molecule has 5 amide bonds. The Labute approximate surface area is 232 Å². The zero-order valence-corrected chi connectivity index (χ0v) is 24.0. The van der Waals surface area contributed by atoms with Gasteiger partial charge in [0.1, 0.15) is 0 Å². The molecule has 0 atom stereocenters. The van der Waals surface area contributed by atoms with Gasteiger partial charge in [0.25, 0.3) is 5.91 Å². The van der Waals surface area contributed by atoms with Gasteiger partial charge in [-0.15, -0.1) is 5.46 Å². The second-order valence-electron chi connectivity index (χ2n) is 9.29. The molecule has 1 aliphatic carbocycles. The molecule has 0 spiro atoms. The summed E-state index contributed by atoms with van der Waals surface area (Å²) in [7, 11) is -1.01. The first kappa shape index (κ1) is 29.6. The monoisotopic (exact) mass is 670 g/mol. The van der Waals surface area contributed by atoms with Crippen LogP contribution in [0, 0.1) is 12.0 Å². The van der Waals surface area contributed by atoms with E-state index < -0.39 is 19.1 Å². The van der Waals surface area contributed by atoms with Crippen molar-refractivity contribution in [3.05, 3.63) is 41.0 Å². The fourth-order valence-corrected chi connectivity index (χ4v) is 4.53. The zero-order valence-electron chi connectivity index (χ0n) is 21.0. The number of carbonyl (C=O) groups is 3. The fraction of sp³-hybridized carbons (Fsp3) is 0.520. The molecular formula is C25H39BN4O5W. The van der Waals surface area contributed by atoms with E-state index in [4.69, 9.17) is 4.65 Å². The summed E-state index contributed by atoms with van der Waals surface area (Å²) >= 11 is 0. The standard InChI is InChI=1S/C25H33BN4O5.W.3H2/c1-4-22-18(3)15-30(23(22)32)25(34)27-14-13-19-7-9-20(10-8-19)26(35-16-31)29-24(33)28-21-11-5-17(2)6-12-21;;;;/h7-9,17,21H,4-6,11-15H2,1-3H3,(H,27,34)(H2,28,29,33);;3*1H/q-2;+2;;;. The molecular weight excluding hydrogens is 631 g/mol. The van der Waals surface area contributed by atoms with E-state index in [2.05, 4.69) is 28.9 Å². The van der Waals surface area contributed by atoms with E-state index in [1.807, 2.05) is 19.9 Å². The fourth-order valence-electron chi connectivity index (χ4n) is 4.53. The summed E-state index contributed by atoms with van der Waals surface area (Å²) in [6, 6.07) is 7.55. The van der Waals surface area contributed by atoms with Crippen LogP contribution in [0.4, 0.5) is 9.59 Å². The molecule has 1 saturated carbocycles. The van der Waals surface area contributed by atoms with Gasteiger partial charge in [-0.1, -0.05) is 26.7 Å². The molecule has 0 aromatic heterocycles. The van der Waals surface area contributed by atoms with Crippen molar-refractivity contribution in [1.29, 1.82) is 0 Å². The molecule has 1 fully saturated rings. The van der Waals surface area contributed by atoms with Crippen molar-refractivity contribution < 1.29 is 49.2 Å². The molecule has 1 heterocycles. The molecule has 9 nitrogen and oxygen atoms in total. The van der Waals surface area contributed by atoms with Crippen molar-refractivity contribution in [2.75, 3.05) is 13.1 Å². The molecule has 0 saturated heterocycles. The summed E-state index contributed by atoms with van der Waals surface area (Å²) in [6.07, 6.45) is 5.15. The van der Waals surface area contributed by atoms with Gasteiger partial charge in [0.2, 0.25) is 0 Å². The molecule has 36 heavy (non-hydrogen) atoms. The summed E-state index contributed by atoms with van der Waals surface area (Å²) in [4.78, 5) is 49.2. The molecule has 1 aromatic rings. The van der Waals surface area contributed by atoms with Crippen LogP contribution in [0.5, 0.6) is 0 Å². The van der Waals surface area contributed by atoms with Gasteiger partial charge in [-0.05, 0) is 50.5 Å². The maximum atomic E-state index is 12.4. The number of hydrogen-bond acceptors (Lipinski definition) is 5. The van der Waals surface area contributed by atoms with E-state index in [-0.39, 0.29) is 37.3 Å². The van der Waals surface area contributed by atoms with Gasteiger partial charge in [-0.3, -0.25) is 14.5 Å². The summed E-state index contributed by atoms with van der Waals surface area (Å²) in [6.45, 7) is 8.04. The topological polar surface area (TPSA) is 117 Å². The molecule has 0 bridgehead atoms. The van der Waals surface area contributed by atoms with E-state index in [0.29, 0.717) is 42.9 Å². The van der Waals surface area contributed by atoms with Crippen LogP contribution in [0.3, 0.4) is 0 Å². The number of imide groups is 1. The van der Waals surface area contributed by atoms with Crippen LogP contribution >= 0.6 is 0 Å². The predicted molar refractivity (Wildman–Crippen MR) is 139 cm³/mol. The van der Waals surface area contributed by atoms with Gasteiger partial charge in [0.15, 0.2) is 0 Å². The Bertz CT molecular complexity index is 979. The third-order valence-corrected chi connectivity index (χ3v) is 6.67. The van der Waals surface area contributed by atoms with Crippen LogP contribution in [0.2, 0.25) is 0 Å². The molecule has 3 rings (SSSR count). The quantitative estimate of drug-likeness (QED) is 0.276.